The third kappa shape index (κ3) is 3.93. The molecule has 0 spiro atoms. The zero-order valence-corrected chi connectivity index (χ0v) is 16.7. The van der Waals surface area contributed by atoms with Crippen molar-refractivity contribution in [1.29, 1.82) is 0 Å². The minimum atomic E-state index is 0.452. The van der Waals surface area contributed by atoms with Gasteiger partial charge in [0.2, 0.25) is 5.95 Å². The van der Waals surface area contributed by atoms with E-state index < -0.39 is 0 Å². The Morgan fingerprint density at radius 3 is 2.54 bits per heavy atom. The zero-order valence-electron chi connectivity index (χ0n) is 16.7. The van der Waals surface area contributed by atoms with Crippen molar-refractivity contribution < 1.29 is 14.2 Å². The van der Waals surface area contributed by atoms with Gasteiger partial charge in [0.15, 0.2) is 11.5 Å². The van der Waals surface area contributed by atoms with Crippen LogP contribution in [0.4, 0.5) is 11.8 Å². The van der Waals surface area contributed by atoms with Crippen LogP contribution in [0.1, 0.15) is 19.3 Å². The molecule has 1 aromatic carbocycles. The average molecular weight is 387 g/mol. The predicted molar refractivity (Wildman–Crippen MR) is 109 cm³/mol. The first kappa shape index (κ1) is 19.0. The van der Waals surface area contributed by atoms with Crippen LogP contribution in [-0.4, -0.2) is 74.5 Å². The van der Waals surface area contributed by atoms with Crippen molar-refractivity contribution in [3.8, 4) is 11.5 Å². The monoisotopic (exact) mass is 387 g/mol. The van der Waals surface area contributed by atoms with E-state index >= 15 is 0 Å². The Labute approximate surface area is 165 Å². The molecular formula is C20H29N5O3. The number of hydrogen-bond donors (Lipinski definition) is 1. The van der Waals surface area contributed by atoms with E-state index in [1.807, 2.05) is 12.1 Å². The summed E-state index contributed by atoms with van der Waals surface area (Å²) in [5.41, 5.74) is 6.99. The lowest BCUT2D eigenvalue weighted by molar-refractivity contribution is 0.0910. The molecule has 8 heteroatoms. The lowest BCUT2D eigenvalue weighted by atomic mass is 10.1. The molecule has 0 radical (unpaired) electrons. The zero-order chi connectivity index (χ0) is 19.5. The number of fused-ring (bicyclic) bond motifs is 1. The fourth-order valence-electron chi connectivity index (χ4n) is 3.98. The molecule has 0 amide bonds. The number of hydrogen-bond acceptors (Lipinski definition) is 8. The van der Waals surface area contributed by atoms with E-state index in [4.69, 9.17) is 24.9 Å². The second kappa shape index (κ2) is 8.36. The van der Waals surface area contributed by atoms with E-state index in [1.165, 1.54) is 12.8 Å². The quantitative estimate of drug-likeness (QED) is 0.805. The van der Waals surface area contributed by atoms with E-state index in [0.717, 1.165) is 56.7 Å². The number of benzene rings is 1. The molecule has 2 N–H and O–H groups in total. The van der Waals surface area contributed by atoms with Crippen LogP contribution in [0.5, 0.6) is 11.5 Å². The number of rotatable bonds is 6. The van der Waals surface area contributed by atoms with Gasteiger partial charge in [-0.15, -0.1) is 0 Å². The summed E-state index contributed by atoms with van der Waals surface area (Å²) in [4.78, 5) is 14.0. The van der Waals surface area contributed by atoms with Gasteiger partial charge in [-0.25, -0.2) is 4.98 Å². The van der Waals surface area contributed by atoms with Gasteiger partial charge in [-0.05, 0) is 25.3 Å². The SMILES string of the molecule is COc1cc2nc(N3CCN(CCC4CCCO4)CC3)nc(N)c2cc1OC. The van der Waals surface area contributed by atoms with Crippen molar-refractivity contribution in [2.45, 2.75) is 25.4 Å². The number of nitrogen functional groups attached to an aromatic ring is 1. The molecular weight excluding hydrogens is 358 g/mol. The highest BCUT2D eigenvalue weighted by atomic mass is 16.5. The number of aromatic nitrogens is 2. The van der Waals surface area contributed by atoms with Crippen molar-refractivity contribution in [2.24, 2.45) is 0 Å². The van der Waals surface area contributed by atoms with Crippen molar-refractivity contribution in [1.82, 2.24) is 14.9 Å². The maximum absolute atomic E-state index is 6.23. The third-order valence-electron chi connectivity index (χ3n) is 5.67. The van der Waals surface area contributed by atoms with Crippen molar-refractivity contribution in [3.63, 3.8) is 0 Å². The minimum Gasteiger partial charge on any atom is -0.493 e. The van der Waals surface area contributed by atoms with Gasteiger partial charge >= 0.3 is 0 Å². The highest BCUT2D eigenvalue weighted by Gasteiger charge is 2.22. The van der Waals surface area contributed by atoms with E-state index in [9.17, 15) is 0 Å². The molecule has 2 aliphatic heterocycles. The Balaban J connectivity index is 1.44. The molecule has 1 atom stereocenters. The van der Waals surface area contributed by atoms with E-state index in [1.54, 1.807) is 14.2 Å². The Morgan fingerprint density at radius 1 is 1.11 bits per heavy atom. The number of ether oxygens (including phenoxy) is 3. The maximum Gasteiger partial charge on any atom is 0.227 e. The molecule has 1 unspecified atom stereocenters. The summed E-state index contributed by atoms with van der Waals surface area (Å²) in [7, 11) is 3.22. The number of anilines is 2. The molecule has 152 valence electrons. The molecule has 2 aromatic rings. The van der Waals surface area contributed by atoms with Crippen LogP contribution in [0, 0.1) is 0 Å². The van der Waals surface area contributed by atoms with Crippen LogP contribution in [0.3, 0.4) is 0 Å². The van der Waals surface area contributed by atoms with Crippen molar-refractivity contribution >= 4 is 22.7 Å². The molecule has 2 aliphatic rings. The summed E-state index contributed by atoms with van der Waals surface area (Å²) < 4.78 is 16.5. The van der Waals surface area contributed by atoms with Gasteiger partial charge in [0.25, 0.3) is 0 Å². The predicted octanol–water partition coefficient (Wildman–Crippen LogP) is 1.92. The fraction of sp³-hybridized carbons (Fsp3) is 0.600. The van der Waals surface area contributed by atoms with Crippen LogP contribution >= 0.6 is 0 Å². The summed E-state index contributed by atoms with van der Waals surface area (Å²) in [5.74, 6) is 2.40. The third-order valence-corrected chi connectivity index (χ3v) is 5.67. The van der Waals surface area contributed by atoms with Gasteiger partial charge in [-0.1, -0.05) is 0 Å². The summed E-state index contributed by atoms with van der Waals surface area (Å²) in [6.45, 7) is 5.81. The lowest BCUT2D eigenvalue weighted by Gasteiger charge is -2.35. The Morgan fingerprint density at radius 2 is 1.86 bits per heavy atom. The van der Waals surface area contributed by atoms with Crippen LogP contribution in [-0.2, 0) is 4.74 Å². The van der Waals surface area contributed by atoms with Crippen LogP contribution in [0.2, 0.25) is 0 Å². The van der Waals surface area contributed by atoms with Crippen LogP contribution < -0.4 is 20.1 Å². The second-order valence-electron chi connectivity index (χ2n) is 7.39. The van der Waals surface area contributed by atoms with Gasteiger partial charge in [0.05, 0.1) is 25.8 Å². The first-order chi connectivity index (χ1) is 13.7. The molecule has 0 aliphatic carbocycles. The number of piperazine rings is 1. The molecule has 0 saturated carbocycles. The van der Waals surface area contributed by atoms with E-state index in [0.29, 0.717) is 29.4 Å². The standard InChI is InChI=1S/C20H29N5O3/c1-26-17-12-15-16(13-18(17)27-2)22-20(23-19(15)21)25-9-7-24(8-10-25)6-5-14-4-3-11-28-14/h12-14H,3-11H2,1-2H3,(H2,21,22,23). The normalized spacial score (nSPS) is 20.6. The topological polar surface area (TPSA) is 86.0 Å². The summed E-state index contributed by atoms with van der Waals surface area (Å²) in [6.07, 6.45) is 3.99. The first-order valence-corrected chi connectivity index (χ1v) is 9.96. The van der Waals surface area contributed by atoms with Gasteiger partial charge in [-0.3, -0.25) is 4.90 Å². The van der Waals surface area contributed by atoms with Crippen molar-refractivity contribution in [3.05, 3.63) is 12.1 Å². The van der Waals surface area contributed by atoms with Gasteiger partial charge in [-0.2, -0.15) is 4.98 Å². The second-order valence-corrected chi connectivity index (χ2v) is 7.39. The van der Waals surface area contributed by atoms with Gasteiger partial charge in [0.1, 0.15) is 5.82 Å². The van der Waals surface area contributed by atoms with Gasteiger partial charge in [0, 0.05) is 50.8 Å². The largest absolute Gasteiger partial charge is 0.493 e. The van der Waals surface area contributed by atoms with E-state index in [2.05, 4.69) is 14.8 Å². The van der Waals surface area contributed by atoms with E-state index in [-0.39, 0.29) is 0 Å². The highest BCUT2D eigenvalue weighted by Crippen LogP contribution is 2.34. The van der Waals surface area contributed by atoms with Crippen molar-refractivity contribution in [2.75, 3.05) is 64.2 Å². The molecule has 28 heavy (non-hydrogen) atoms. The molecule has 2 saturated heterocycles. The van der Waals surface area contributed by atoms with Crippen LogP contribution in [0.25, 0.3) is 10.9 Å². The highest BCUT2D eigenvalue weighted by molar-refractivity contribution is 5.91. The molecule has 3 heterocycles. The minimum absolute atomic E-state index is 0.452. The number of nitrogens with two attached hydrogens (primary N) is 1. The van der Waals surface area contributed by atoms with Crippen LogP contribution in [0.15, 0.2) is 12.1 Å². The smallest absolute Gasteiger partial charge is 0.227 e. The Kier molecular flexibility index (Phi) is 5.68. The molecule has 2 fully saturated rings. The number of methoxy groups -OCH3 is 2. The lowest BCUT2D eigenvalue weighted by Crippen LogP contribution is -2.47. The Hall–Kier alpha value is -2.32. The fourth-order valence-corrected chi connectivity index (χ4v) is 3.98. The summed E-state index contributed by atoms with van der Waals surface area (Å²) >= 11 is 0. The summed E-state index contributed by atoms with van der Waals surface area (Å²) in [6, 6.07) is 3.68. The van der Waals surface area contributed by atoms with Gasteiger partial charge < -0.3 is 24.8 Å². The summed E-state index contributed by atoms with van der Waals surface area (Å²) in [5, 5.41) is 0.775. The molecule has 8 nitrogen and oxygen atoms in total. The average Bonchev–Trinajstić information content (AvgIpc) is 3.25. The number of nitrogens with zero attached hydrogens (tertiary/aromatic N) is 4. The molecule has 0 bridgehead atoms. The first-order valence-electron chi connectivity index (χ1n) is 9.96. The molecule has 4 rings (SSSR count). The molecule has 1 aromatic heterocycles. The maximum atomic E-state index is 6.23. The Bertz CT molecular complexity index is 817.